The highest BCUT2D eigenvalue weighted by Gasteiger charge is 2.34. The van der Waals surface area contributed by atoms with Crippen molar-refractivity contribution in [3.05, 3.63) is 82.6 Å². The van der Waals surface area contributed by atoms with Gasteiger partial charge >= 0.3 is 0 Å². The first-order valence-corrected chi connectivity index (χ1v) is 10.6. The lowest BCUT2D eigenvalue weighted by Crippen LogP contribution is -2.28. The predicted octanol–water partition coefficient (Wildman–Crippen LogP) is 4.29. The van der Waals surface area contributed by atoms with Gasteiger partial charge in [0.1, 0.15) is 0 Å². The Morgan fingerprint density at radius 2 is 2.15 bits per heavy atom. The van der Waals surface area contributed by atoms with Crippen molar-refractivity contribution < 1.29 is 9.32 Å². The molecule has 1 aromatic rings. The van der Waals surface area contributed by atoms with Gasteiger partial charge in [0.2, 0.25) is 0 Å². The monoisotopic (exact) mass is 385 g/mol. The molecule has 0 aromatic heterocycles. The van der Waals surface area contributed by atoms with Crippen LogP contribution in [0, 0.1) is 5.92 Å². The first-order valence-electron chi connectivity index (χ1n) is 8.48. The van der Waals surface area contributed by atoms with Gasteiger partial charge in [0.15, 0.2) is 0 Å². The summed E-state index contributed by atoms with van der Waals surface area (Å²) in [7, 11) is -1.23. The molecular weight excluding hydrogens is 362 g/mol. The molecule has 26 heavy (non-hydrogen) atoms. The van der Waals surface area contributed by atoms with E-state index in [1.165, 1.54) is 0 Å². The Labute approximate surface area is 161 Å². The van der Waals surface area contributed by atoms with Crippen molar-refractivity contribution in [2.24, 2.45) is 5.92 Å². The number of rotatable bonds is 4. The molecule has 3 nitrogen and oxygen atoms in total. The summed E-state index contributed by atoms with van der Waals surface area (Å²) in [4.78, 5) is 2.85. The van der Waals surface area contributed by atoms with Gasteiger partial charge in [-0.3, -0.25) is 0 Å². The van der Waals surface area contributed by atoms with E-state index < -0.39 is 10.8 Å². The smallest absolute Gasteiger partial charge is 0.0847 e. The summed E-state index contributed by atoms with van der Waals surface area (Å²) >= 11 is 1.72. The van der Waals surface area contributed by atoms with E-state index in [2.05, 4.69) is 25.7 Å². The molecule has 0 amide bonds. The van der Waals surface area contributed by atoms with Crippen molar-refractivity contribution in [3.63, 3.8) is 0 Å². The molecule has 0 saturated carbocycles. The fourth-order valence-corrected chi connectivity index (χ4v) is 6.14. The van der Waals surface area contributed by atoms with Gasteiger partial charge in [-0.05, 0) is 37.1 Å². The molecule has 5 heteroatoms. The zero-order valence-electron chi connectivity index (χ0n) is 15.0. The molecule has 3 rings (SSSR count). The normalized spacial score (nSPS) is 23.0. The van der Waals surface area contributed by atoms with Gasteiger partial charge in [-0.15, -0.1) is 11.8 Å². The fraction of sp³-hybridized carbons (Fsp3) is 0.238. The van der Waals surface area contributed by atoms with Crippen molar-refractivity contribution in [2.75, 3.05) is 12.4 Å². The van der Waals surface area contributed by atoms with Crippen LogP contribution >= 0.6 is 11.8 Å². The van der Waals surface area contributed by atoms with Crippen LogP contribution in [0.1, 0.15) is 13.8 Å². The van der Waals surface area contributed by atoms with Crippen LogP contribution in [-0.2, 0) is 10.8 Å². The molecule has 2 aliphatic heterocycles. The Hall–Kier alpha value is -1.82. The molecule has 0 bridgehead atoms. The first kappa shape index (κ1) is 19.0. The second-order valence-electron chi connectivity index (χ2n) is 6.26. The number of benzene rings is 1. The lowest BCUT2D eigenvalue weighted by atomic mass is 9.87. The third-order valence-corrected chi connectivity index (χ3v) is 7.44. The van der Waals surface area contributed by atoms with E-state index in [0.29, 0.717) is 0 Å². The van der Waals surface area contributed by atoms with Crippen molar-refractivity contribution >= 4 is 22.6 Å². The standard InChI is InChI=1S/C21H23NO2S2/c1-14(9-5-4-8-12-23)20-15(2)16(3)22-17-13-25-18-10-6-7-11-19(18)26(24)21(17)20/h4-11,20,22-23H,1,12-13H2,2-3H3/b8-4-,9-5-. The topological polar surface area (TPSA) is 49.3 Å². The van der Waals surface area contributed by atoms with Crippen LogP contribution in [0.15, 0.2) is 92.4 Å². The zero-order valence-corrected chi connectivity index (χ0v) is 16.6. The molecule has 2 aliphatic rings. The molecule has 0 aliphatic carbocycles. The maximum atomic E-state index is 13.5. The number of allylic oxidation sites excluding steroid dienone is 7. The Morgan fingerprint density at radius 3 is 2.92 bits per heavy atom. The van der Waals surface area contributed by atoms with Gasteiger partial charge < -0.3 is 10.4 Å². The van der Waals surface area contributed by atoms with Crippen molar-refractivity contribution in [1.29, 1.82) is 0 Å². The second-order valence-corrected chi connectivity index (χ2v) is 8.69. The van der Waals surface area contributed by atoms with E-state index in [9.17, 15) is 4.21 Å². The molecule has 2 unspecified atom stereocenters. The van der Waals surface area contributed by atoms with Crippen LogP contribution in [0.4, 0.5) is 0 Å². The minimum absolute atomic E-state index is 0.00945. The largest absolute Gasteiger partial charge is 0.392 e. The van der Waals surface area contributed by atoms with Gasteiger partial charge in [-0.25, -0.2) is 4.21 Å². The van der Waals surface area contributed by atoms with Crippen LogP contribution in [0.25, 0.3) is 0 Å². The van der Waals surface area contributed by atoms with E-state index in [4.69, 9.17) is 5.11 Å². The van der Waals surface area contributed by atoms with Crippen LogP contribution in [0.5, 0.6) is 0 Å². The van der Waals surface area contributed by atoms with Gasteiger partial charge in [-0.1, -0.05) is 43.0 Å². The van der Waals surface area contributed by atoms with Crippen LogP contribution in [0.3, 0.4) is 0 Å². The molecule has 0 radical (unpaired) electrons. The SMILES string of the molecule is C=C(/C=C\C=C/CO)C1C(C)=C(C)NC2=C1S(=O)c1ccccc1SC2. The number of thioether (sulfide) groups is 1. The number of hydrogen-bond acceptors (Lipinski definition) is 4. The number of fused-ring (bicyclic) bond motifs is 1. The summed E-state index contributed by atoms with van der Waals surface area (Å²) in [6, 6.07) is 7.92. The Bertz CT molecular complexity index is 878. The van der Waals surface area contributed by atoms with E-state index in [1.807, 2.05) is 36.4 Å². The Kier molecular flexibility index (Phi) is 6.01. The van der Waals surface area contributed by atoms with Crippen molar-refractivity contribution in [1.82, 2.24) is 5.32 Å². The summed E-state index contributed by atoms with van der Waals surface area (Å²) in [5.74, 6) is 0.679. The summed E-state index contributed by atoms with van der Waals surface area (Å²) in [6.45, 7) is 8.39. The van der Waals surface area contributed by atoms with E-state index in [-0.39, 0.29) is 12.5 Å². The number of nitrogens with one attached hydrogen (secondary N) is 1. The second kappa shape index (κ2) is 8.25. The van der Waals surface area contributed by atoms with Crippen LogP contribution < -0.4 is 5.32 Å². The summed E-state index contributed by atoms with van der Waals surface area (Å²) in [5, 5.41) is 12.3. The molecule has 2 atom stereocenters. The molecule has 0 spiro atoms. The molecule has 0 saturated heterocycles. The van der Waals surface area contributed by atoms with E-state index in [0.717, 1.165) is 43.0 Å². The third kappa shape index (κ3) is 3.65. The van der Waals surface area contributed by atoms with Crippen molar-refractivity contribution in [2.45, 2.75) is 23.6 Å². The van der Waals surface area contributed by atoms with Crippen LogP contribution in [0.2, 0.25) is 0 Å². The van der Waals surface area contributed by atoms with E-state index in [1.54, 1.807) is 23.9 Å². The maximum Gasteiger partial charge on any atom is 0.0847 e. The summed E-state index contributed by atoms with van der Waals surface area (Å²) in [6.07, 6.45) is 7.26. The number of aliphatic hydroxyl groups is 1. The minimum Gasteiger partial charge on any atom is -0.392 e. The van der Waals surface area contributed by atoms with Gasteiger partial charge in [0.05, 0.1) is 27.2 Å². The van der Waals surface area contributed by atoms with E-state index >= 15 is 0 Å². The number of hydrogen-bond donors (Lipinski definition) is 2. The molecule has 1 aromatic carbocycles. The minimum atomic E-state index is -1.23. The Balaban J connectivity index is 2.03. The Morgan fingerprint density at radius 1 is 1.38 bits per heavy atom. The maximum absolute atomic E-state index is 13.5. The fourth-order valence-electron chi connectivity index (χ4n) is 3.15. The van der Waals surface area contributed by atoms with Crippen molar-refractivity contribution in [3.8, 4) is 0 Å². The molecule has 136 valence electrons. The number of aliphatic hydroxyl groups excluding tert-OH is 1. The van der Waals surface area contributed by atoms with Gasteiger partial charge in [0, 0.05) is 28.0 Å². The first-order chi connectivity index (χ1) is 12.5. The average molecular weight is 386 g/mol. The predicted molar refractivity (Wildman–Crippen MR) is 110 cm³/mol. The quantitative estimate of drug-likeness (QED) is 0.760. The highest BCUT2D eigenvalue weighted by molar-refractivity contribution is 8.00. The summed E-state index contributed by atoms with van der Waals surface area (Å²) < 4.78 is 13.5. The van der Waals surface area contributed by atoms with Crippen LogP contribution in [-0.4, -0.2) is 21.7 Å². The molecule has 2 heterocycles. The summed E-state index contributed by atoms with van der Waals surface area (Å²) in [5.41, 5.74) is 4.16. The lowest BCUT2D eigenvalue weighted by molar-refractivity contribution is 0.343. The number of dihydropyridines is 1. The highest BCUT2D eigenvalue weighted by atomic mass is 32.2. The molecule has 0 fully saturated rings. The highest BCUT2D eigenvalue weighted by Crippen LogP contribution is 2.43. The van der Waals surface area contributed by atoms with Gasteiger partial charge in [-0.2, -0.15) is 0 Å². The van der Waals surface area contributed by atoms with Gasteiger partial charge in [0.25, 0.3) is 0 Å². The molecular formula is C21H23NO2S2. The lowest BCUT2D eigenvalue weighted by Gasteiger charge is -2.31. The average Bonchev–Trinajstić information content (AvgIpc) is 2.77. The zero-order chi connectivity index (χ0) is 18.7. The third-order valence-electron chi connectivity index (χ3n) is 4.58. The molecule has 2 N–H and O–H groups in total.